The number of anilines is 1. The van der Waals surface area contributed by atoms with Crippen LogP contribution < -0.4 is 20.5 Å². The Morgan fingerprint density at radius 2 is 1.64 bits per heavy atom. The van der Waals surface area contributed by atoms with E-state index in [1.165, 1.54) is 49.0 Å². The van der Waals surface area contributed by atoms with E-state index in [0.29, 0.717) is 0 Å². The number of esters is 2. The number of amides is 1. The number of ether oxygens (including phenoxy) is 3. The minimum atomic E-state index is -4.76. The zero-order valence-electron chi connectivity index (χ0n) is 25.5. The third-order valence-electron chi connectivity index (χ3n) is 6.79. The average Bonchev–Trinajstić information content (AvgIpc) is 3.55. The largest absolute Gasteiger partial charge is 0.872 e. The fourth-order valence-corrected chi connectivity index (χ4v) is 5.24. The first-order chi connectivity index (χ1) is 21.3. The number of quaternary nitrogens is 1. The number of nitrogens with zero attached hydrogens (tertiary/aromatic N) is 4. The molecule has 4 atom stereocenters. The SMILES string of the molecule is CC(=O)O[C@@H]1[C@H](OC(C)=O)[C@@H](COS(=O)(=O)NC(=O)c2ccccc2[O-])O[C@H]1n1cnc2c(N)ncnc21.CC[NH+](CC)CC. The van der Waals surface area contributed by atoms with Gasteiger partial charge in [-0.2, -0.15) is 8.42 Å². The van der Waals surface area contributed by atoms with Gasteiger partial charge in [-0.3, -0.25) is 23.1 Å². The summed E-state index contributed by atoms with van der Waals surface area (Å²) in [4.78, 5) is 49.7. The molecule has 0 radical (unpaired) electrons. The number of nitrogens with one attached hydrogen (secondary N) is 2. The van der Waals surface area contributed by atoms with Gasteiger partial charge in [0.2, 0.25) is 0 Å². The molecule has 1 amide bonds. The molecule has 4 rings (SSSR count). The molecule has 1 aliphatic rings. The summed E-state index contributed by atoms with van der Waals surface area (Å²) in [7, 11) is -4.76. The van der Waals surface area contributed by atoms with E-state index in [9.17, 15) is 27.9 Å². The molecule has 0 saturated carbocycles. The standard InChI is InChI=1S/C21H22N6O10S.C6H15N/c1-10(28)35-16-14(7-34-38(32,33)26-20(31)12-5-3-4-6-13(12)30)37-21(17(16)36-11(2)29)27-9-25-15-18(22)23-8-24-19(15)27;1-4-7(5-2)6-3/h3-6,8-9,14,16-17,21,30H,7H2,1-2H3,(H,26,31)(H2,22,23,24);4-6H2,1-3H3/t14-,16-,17-,21-;/m1./s1. The second kappa shape index (κ2) is 15.6. The first kappa shape index (κ1) is 35.1. The molecule has 1 saturated heterocycles. The number of para-hydroxylation sites is 1. The number of carbonyl (C=O) groups is 3. The number of fused-ring (bicyclic) bond motifs is 1. The third kappa shape index (κ3) is 9.07. The molecule has 17 nitrogen and oxygen atoms in total. The van der Waals surface area contributed by atoms with Gasteiger partial charge in [-0.15, -0.1) is 0 Å². The van der Waals surface area contributed by atoms with Gasteiger partial charge in [0, 0.05) is 19.4 Å². The lowest BCUT2D eigenvalue weighted by molar-refractivity contribution is -0.894. The summed E-state index contributed by atoms with van der Waals surface area (Å²) in [6.45, 7) is 11.9. The molecule has 1 aliphatic heterocycles. The average molecular weight is 652 g/mol. The van der Waals surface area contributed by atoms with Crippen LogP contribution in [0.15, 0.2) is 36.9 Å². The molecule has 45 heavy (non-hydrogen) atoms. The molecule has 3 heterocycles. The van der Waals surface area contributed by atoms with Crippen molar-refractivity contribution < 1.29 is 51.2 Å². The van der Waals surface area contributed by atoms with Crippen LogP contribution in [0.1, 0.15) is 51.2 Å². The highest BCUT2D eigenvalue weighted by Gasteiger charge is 2.51. The van der Waals surface area contributed by atoms with Gasteiger partial charge < -0.3 is 30.0 Å². The van der Waals surface area contributed by atoms with E-state index >= 15 is 0 Å². The Morgan fingerprint density at radius 3 is 2.22 bits per heavy atom. The number of imidazole rings is 1. The van der Waals surface area contributed by atoms with Crippen LogP contribution in [0, 0.1) is 0 Å². The highest BCUT2D eigenvalue weighted by molar-refractivity contribution is 7.85. The van der Waals surface area contributed by atoms with E-state index < -0.39 is 70.6 Å². The highest BCUT2D eigenvalue weighted by atomic mass is 32.2. The van der Waals surface area contributed by atoms with Gasteiger partial charge in [0.25, 0.3) is 5.91 Å². The van der Waals surface area contributed by atoms with Crippen LogP contribution in [0.4, 0.5) is 5.82 Å². The van der Waals surface area contributed by atoms with Crippen LogP contribution in [0.5, 0.6) is 5.75 Å². The summed E-state index contributed by atoms with van der Waals surface area (Å²) in [5.74, 6) is -3.38. The number of nitrogens with two attached hydrogens (primary N) is 1. The molecular weight excluding hydrogens is 614 g/mol. The van der Waals surface area contributed by atoms with Crippen LogP contribution in [-0.2, 0) is 38.3 Å². The maximum Gasteiger partial charge on any atom is 0.362 e. The number of carbonyl (C=O) groups excluding carboxylic acids is 3. The summed E-state index contributed by atoms with van der Waals surface area (Å²) < 4.78 is 49.3. The monoisotopic (exact) mass is 651 g/mol. The Bertz CT molecular complexity index is 1590. The fourth-order valence-electron chi connectivity index (χ4n) is 4.53. The second-order valence-electron chi connectivity index (χ2n) is 9.77. The van der Waals surface area contributed by atoms with Gasteiger partial charge >= 0.3 is 22.2 Å². The van der Waals surface area contributed by atoms with E-state index in [2.05, 4.69) is 35.7 Å². The van der Waals surface area contributed by atoms with Gasteiger partial charge in [0.15, 0.2) is 29.9 Å². The van der Waals surface area contributed by atoms with Crippen molar-refractivity contribution in [3.8, 4) is 5.75 Å². The molecule has 0 unspecified atom stereocenters. The second-order valence-corrected chi connectivity index (χ2v) is 11.1. The summed E-state index contributed by atoms with van der Waals surface area (Å²) in [5.41, 5.74) is 5.82. The van der Waals surface area contributed by atoms with Crippen molar-refractivity contribution in [1.29, 1.82) is 0 Å². The Balaban J connectivity index is 0.000000707. The molecule has 0 spiro atoms. The number of rotatable bonds is 11. The molecule has 0 aliphatic carbocycles. The van der Waals surface area contributed by atoms with E-state index in [4.69, 9.17) is 24.1 Å². The van der Waals surface area contributed by atoms with E-state index in [1.807, 2.05) is 0 Å². The molecule has 3 aromatic rings. The van der Waals surface area contributed by atoms with E-state index in [1.54, 1.807) is 9.62 Å². The van der Waals surface area contributed by atoms with Gasteiger partial charge in [0.05, 0.1) is 32.6 Å². The van der Waals surface area contributed by atoms with Gasteiger partial charge in [-0.05, 0) is 20.8 Å². The number of hydrogen-bond acceptors (Lipinski definition) is 14. The van der Waals surface area contributed by atoms with Crippen molar-refractivity contribution in [2.24, 2.45) is 0 Å². The van der Waals surface area contributed by atoms with E-state index in [-0.39, 0.29) is 17.0 Å². The number of aromatic nitrogens is 4. The predicted molar refractivity (Wildman–Crippen MR) is 156 cm³/mol. The van der Waals surface area contributed by atoms with Crippen LogP contribution >= 0.6 is 0 Å². The molecule has 1 aromatic carbocycles. The molecule has 2 aromatic heterocycles. The Morgan fingerprint density at radius 1 is 1.02 bits per heavy atom. The smallest absolute Gasteiger partial charge is 0.362 e. The van der Waals surface area contributed by atoms with Gasteiger partial charge in [0.1, 0.15) is 17.9 Å². The maximum atomic E-state index is 12.4. The Kier molecular flexibility index (Phi) is 12.1. The van der Waals surface area contributed by atoms with Crippen LogP contribution in [0.25, 0.3) is 11.2 Å². The topological polar surface area (TPSA) is 231 Å². The van der Waals surface area contributed by atoms with Gasteiger partial charge in [-0.1, -0.05) is 30.0 Å². The Labute approximate surface area is 259 Å². The normalized spacial score (nSPS) is 19.5. The molecule has 1 fully saturated rings. The maximum absolute atomic E-state index is 12.4. The first-order valence-corrected chi connectivity index (χ1v) is 15.5. The van der Waals surface area contributed by atoms with Crippen molar-refractivity contribution >= 4 is 45.1 Å². The molecule has 0 bridgehead atoms. The minimum absolute atomic E-state index is 0.0636. The predicted octanol–water partition coefficient (Wildman–Crippen LogP) is -1.13. The summed E-state index contributed by atoms with van der Waals surface area (Å²) in [6.07, 6.45) is -2.70. The number of benzene rings is 1. The third-order valence-corrected chi connectivity index (χ3v) is 7.67. The van der Waals surface area contributed by atoms with Crippen LogP contribution in [0.2, 0.25) is 0 Å². The zero-order chi connectivity index (χ0) is 33.3. The lowest BCUT2D eigenvalue weighted by Crippen LogP contribution is -3.11. The summed E-state index contributed by atoms with van der Waals surface area (Å²) in [5, 5.41) is 11.8. The van der Waals surface area contributed by atoms with Crippen molar-refractivity contribution in [2.45, 2.75) is 59.2 Å². The highest BCUT2D eigenvalue weighted by Crippen LogP contribution is 2.36. The molecular formula is C27H37N7O10S. The summed E-state index contributed by atoms with van der Waals surface area (Å²) >= 11 is 0. The van der Waals surface area contributed by atoms with Crippen molar-refractivity contribution in [1.82, 2.24) is 24.2 Å². The van der Waals surface area contributed by atoms with Crippen molar-refractivity contribution in [3.63, 3.8) is 0 Å². The minimum Gasteiger partial charge on any atom is -0.872 e. The van der Waals surface area contributed by atoms with Gasteiger partial charge in [-0.25, -0.2) is 19.7 Å². The lowest BCUT2D eigenvalue weighted by Gasteiger charge is -2.23. The lowest BCUT2D eigenvalue weighted by atomic mass is 10.1. The van der Waals surface area contributed by atoms with Crippen molar-refractivity contribution in [3.05, 3.63) is 42.5 Å². The van der Waals surface area contributed by atoms with E-state index in [0.717, 1.165) is 26.0 Å². The quantitative estimate of drug-likeness (QED) is 0.208. The van der Waals surface area contributed by atoms with Crippen LogP contribution in [-0.4, -0.2) is 90.3 Å². The van der Waals surface area contributed by atoms with Crippen LogP contribution in [0.3, 0.4) is 0 Å². The first-order valence-electron chi connectivity index (χ1n) is 14.1. The molecule has 18 heteroatoms. The molecule has 246 valence electrons. The number of nitrogen functional groups attached to an aromatic ring is 1. The fraction of sp³-hybridized carbons (Fsp3) is 0.481. The Hall–Kier alpha value is -4.39. The summed E-state index contributed by atoms with van der Waals surface area (Å²) in [6, 6.07) is 5.00. The number of hydrogen-bond donors (Lipinski definition) is 3. The zero-order valence-corrected chi connectivity index (χ0v) is 26.3. The molecule has 4 N–H and O–H groups in total. The van der Waals surface area contributed by atoms with Crippen molar-refractivity contribution in [2.75, 3.05) is 32.0 Å².